The van der Waals surface area contributed by atoms with E-state index in [0.717, 1.165) is 0 Å². The number of nitrogens with two attached hydrogens (primary N) is 1. The summed E-state index contributed by atoms with van der Waals surface area (Å²) in [4.78, 5) is 13.7. The molecule has 0 unspecified atom stereocenters. The maximum absolute atomic E-state index is 13.9. The zero-order valence-corrected chi connectivity index (χ0v) is 11.2. The molecular weight excluding hydrogens is 257 g/mol. The average Bonchev–Trinajstić information content (AvgIpc) is 2.29. The van der Waals surface area contributed by atoms with Crippen LogP contribution in [0.4, 0.5) is 4.39 Å². The lowest BCUT2D eigenvalue weighted by Gasteiger charge is -2.12. The highest BCUT2D eigenvalue weighted by Crippen LogP contribution is 2.21. The number of carbonyl (C=O) groups excluding carboxylic acids is 1. The van der Waals surface area contributed by atoms with Crippen LogP contribution in [-0.4, -0.2) is 38.0 Å². The second-order valence-electron chi connectivity index (χ2n) is 4.15. The third-order valence-electron chi connectivity index (χ3n) is 2.48. The summed E-state index contributed by atoms with van der Waals surface area (Å²) in [6, 6.07) is 2.84. The molecule has 1 aromatic rings. The van der Waals surface area contributed by atoms with Crippen molar-refractivity contribution in [1.82, 2.24) is 10.2 Å². The zero-order chi connectivity index (χ0) is 13.7. The van der Waals surface area contributed by atoms with Crippen molar-refractivity contribution >= 4 is 17.5 Å². The highest BCUT2D eigenvalue weighted by Gasteiger charge is 2.16. The summed E-state index contributed by atoms with van der Waals surface area (Å²) >= 11 is 5.79. The molecule has 4 nitrogen and oxygen atoms in total. The van der Waals surface area contributed by atoms with Gasteiger partial charge in [0.25, 0.3) is 5.91 Å². The smallest absolute Gasteiger partial charge is 0.254 e. The number of nitrogens with zero attached hydrogens (tertiary/aromatic N) is 1. The molecule has 1 amide bonds. The Morgan fingerprint density at radius 1 is 1.50 bits per heavy atom. The van der Waals surface area contributed by atoms with Crippen LogP contribution in [0.2, 0.25) is 5.02 Å². The van der Waals surface area contributed by atoms with E-state index in [9.17, 15) is 9.18 Å². The first kappa shape index (κ1) is 14.9. The van der Waals surface area contributed by atoms with Crippen molar-refractivity contribution < 1.29 is 9.18 Å². The molecule has 1 aromatic carbocycles. The van der Waals surface area contributed by atoms with Gasteiger partial charge in [-0.2, -0.15) is 0 Å². The number of likely N-dealkylation sites (N-methyl/N-ethyl adjacent to an activating group) is 1. The van der Waals surface area contributed by atoms with E-state index in [2.05, 4.69) is 5.32 Å². The van der Waals surface area contributed by atoms with Crippen molar-refractivity contribution in [2.75, 3.05) is 27.2 Å². The highest BCUT2D eigenvalue weighted by atomic mass is 35.5. The van der Waals surface area contributed by atoms with Crippen LogP contribution in [0.15, 0.2) is 12.1 Å². The van der Waals surface area contributed by atoms with Crippen molar-refractivity contribution in [2.45, 2.75) is 6.54 Å². The van der Waals surface area contributed by atoms with Crippen molar-refractivity contribution in [2.24, 2.45) is 5.73 Å². The second-order valence-corrected chi connectivity index (χ2v) is 4.56. The summed E-state index contributed by atoms with van der Waals surface area (Å²) in [7, 11) is 3.78. The Labute approximate surface area is 111 Å². The minimum atomic E-state index is -0.646. The lowest BCUT2D eigenvalue weighted by molar-refractivity contribution is 0.0947. The monoisotopic (exact) mass is 273 g/mol. The predicted octanol–water partition coefficient (Wildman–Crippen LogP) is 1.23. The highest BCUT2D eigenvalue weighted by molar-refractivity contribution is 6.31. The van der Waals surface area contributed by atoms with E-state index < -0.39 is 11.7 Å². The number of carbonyl (C=O) groups is 1. The molecule has 18 heavy (non-hydrogen) atoms. The quantitative estimate of drug-likeness (QED) is 0.848. The SMILES string of the molecule is CN(C)CCNC(=O)c1ccc(Cl)c(CN)c1F. The molecule has 0 bridgehead atoms. The summed E-state index contributed by atoms with van der Waals surface area (Å²) in [6.07, 6.45) is 0. The third-order valence-corrected chi connectivity index (χ3v) is 2.83. The van der Waals surface area contributed by atoms with Gasteiger partial charge in [-0.05, 0) is 26.2 Å². The van der Waals surface area contributed by atoms with Crippen LogP contribution in [0.5, 0.6) is 0 Å². The Balaban J connectivity index is 2.80. The third kappa shape index (κ3) is 3.66. The molecule has 0 radical (unpaired) electrons. The van der Waals surface area contributed by atoms with Crippen LogP contribution >= 0.6 is 11.6 Å². The van der Waals surface area contributed by atoms with Crippen LogP contribution < -0.4 is 11.1 Å². The van der Waals surface area contributed by atoms with Crippen LogP contribution in [0, 0.1) is 5.82 Å². The molecule has 100 valence electrons. The van der Waals surface area contributed by atoms with Crippen molar-refractivity contribution in [1.29, 1.82) is 0 Å². The van der Waals surface area contributed by atoms with Crippen LogP contribution in [-0.2, 0) is 6.54 Å². The summed E-state index contributed by atoms with van der Waals surface area (Å²) in [5.74, 6) is -1.10. The van der Waals surface area contributed by atoms with Gasteiger partial charge in [0.2, 0.25) is 0 Å². The van der Waals surface area contributed by atoms with Gasteiger partial charge >= 0.3 is 0 Å². The molecule has 0 saturated heterocycles. The van der Waals surface area contributed by atoms with Crippen LogP contribution in [0.25, 0.3) is 0 Å². The molecule has 0 aromatic heterocycles. The Hall–Kier alpha value is -1.17. The molecule has 3 N–H and O–H groups in total. The van der Waals surface area contributed by atoms with Crippen LogP contribution in [0.3, 0.4) is 0 Å². The van der Waals surface area contributed by atoms with Gasteiger partial charge in [-0.1, -0.05) is 11.6 Å². The first-order chi connectivity index (χ1) is 8.47. The first-order valence-corrected chi connectivity index (χ1v) is 5.95. The molecule has 6 heteroatoms. The molecule has 0 atom stereocenters. The number of halogens is 2. The zero-order valence-electron chi connectivity index (χ0n) is 10.5. The topological polar surface area (TPSA) is 58.4 Å². The van der Waals surface area contributed by atoms with Crippen LogP contribution in [0.1, 0.15) is 15.9 Å². The Bertz CT molecular complexity index is 438. The Kier molecular flexibility index (Phi) is 5.53. The molecule has 0 aliphatic heterocycles. The van der Waals surface area contributed by atoms with Gasteiger partial charge < -0.3 is 16.0 Å². The predicted molar refractivity (Wildman–Crippen MR) is 70.2 cm³/mol. The number of rotatable bonds is 5. The van der Waals surface area contributed by atoms with Gasteiger partial charge in [0.15, 0.2) is 0 Å². The van der Waals surface area contributed by atoms with E-state index >= 15 is 0 Å². The molecule has 0 heterocycles. The molecule has 0 spiro atoms. The van der Waals surface area contributed by atoms with Gasteiger partial charge in [-0.25, -0.2) is 4.39 Å². The van der Waals surface area contributed by atoms with Crippen molar-refractivity contribution in [3.63, 3.8) is 0 Å². The van der Waals surface area contributed by atoms with E-state index in [0.29, 0.717) is 13.1 Å². The minimum Gasteiger partial charge on any atom is -0.351 e. The van der Waals surface area contributed by atoms with Gasteiger partial charge in [-0.3, -0.25) is 4.79 Å². The van der Waals surface area contributed by atoms with E-state index in [1.54, 1.807) is 0 Å². The average molecular weight is 274 g/mol. The van der Waals surface area contributed by atoms with E-state index in [-0.39, 0.29) is 22.7 Å². The second kappa shape index (κ2) is 6.68. The van der Waals surface area contributed by atoms with E-state index in [1.165, 1.54) is 12.1 Å². The first-order valence-electron chi connectivity index (χ1n) is 5.57. The molecule has 0 fully saturated rings. The number of benzene rings is 1. The van der Waals surface area contributed by atoms with Crippen molar-refractivity contribution in [3.8, 4) is 0 Å². The summed E-state index contributed by atoms with van der Waals surface area (Å²) in [5.41, 5.74) is 5.53. The number of amides is 1. The normalized spacial score (nSPS) is 10.8. The minimum absolute atomic E-state index is 0.0291. The largest absolute Gasteiger partial charge is 0.351 e. The maximum atomic E-state index is 13.9. The summed E-state index contributed by atoms with van der Waals surface area (Å²) in [5, 5.41) is 2.87. The number of nitrogens with one attached hydrogen (secondary N) is 1. The molecule has 0 saturated carbocycles. The standard InChI is InChI=1S/C12H17ClFN3O/c1-17(2)6-5-16-12(18)8-3-4-10(13)9(7-15)11(8)14/h3-4H,5-7,15H2,1-2H3,(H,16,18). The van der Waals surface area contributed by atoms with E-state index in [4.69, 9.17) is 17.3 Å². The Morgan fingerprint density at radius 2 is 2.17 bits per heavy atom. The fraction of sp³-hybridized carbons (Fsp3) is 0.417. The number of hydrogen-bond acceptors (Lipinski definition) is 3. The fourth-order valence-corrected chi connectivity index (χ4v) is 1.67. The molecular formula is C12H17ClFN3O. The maximum Gasteiger partial charge on any atom is 0.254 e. The summed E-state index contributed by atoms with van der Waals surface area (Å²) < 4.78 is 13.9. The van der Waals surface area contributed by atoms with Gasteiger partial charge in [0, 0.05) is 30.2 Å². The molecule has 1 rings (SSSR count). The fourth-order valence-electron chi connectivity index (χ4n) is 1.45. The van der Waals surface area contributed by atoms with E-state index in [1.807, 2.05) is 19.0 Å². The van der Waals surface area contributed by atoms with Crippen molar-refractivity contribution in [3.05, 3.63) is 34.1 Å². The lowest BCUT2D eigenvalue weighted by atomic mass is 10.1. The Morgan fingerprint density at radius 3 is 2.72 bits per heavy atom. The lowest BCUT2D eigenvalue weighted by Crippen LogP contribution is -2.32. The number of hydrogen-bond donors (Lipinski definition) is 2. The summed E-state index contributed by atoms with van der Waals surface area (Å²) in [6.45, 7) is 1.10. The van der Waals surface area contributed by atoms with Gasteiger partial charge in [0.1, 0.15) is 5.82 Å². The van der Waals surface area contributed by atoms with Gasteiger partial charge in [-0.15, -0.1) is 0 Å². The van der Waals surface area contributed by atoms with Gasteiger partial charge in [0.05, 0.1) is 5.56 Å². The molecule has 0 aliphatic rings. The molecule has 0 aliphatic carbocycles.